The molecule has 2 aromatic carbocycles. The molecule has 0 atom stereocenters. The van der Waals surface area contributed by atoms with Crippen LogP contribution in [0.5, 0.6) is 11.5 Å². The molecule has 2 nitrogen and oxygen atoms in total. The second-order valence-corrected chi connectivity index (χ2v) is 5.09. The fraction of sp³-hybridized carbons (Fsp3) is 0.235. The summed E-state index contributed by atoms with van der Waals surface area (Å²) in [6.45, 7) is 1.41. The van der Waals surface area contributed by atoms with Crippen molar-refractivity contribution in [2.45, 2.75) is 26.2 Å². The number of Topliss-reactive ketones (excluding diaryl/α,β-unsaturated/α-hetero) is 1. The molecule has 1 aliphatic carbocycles. The Morgan fingerprint density at radius 2 is 1.90 bits per heavy atom. The van der Waals surface area contributed by atoms with E-state index in [0.717, 1.165) is 12.8 Å². The zero-order valence-electron chi connectivity index (χ0n) is 11.3. The van der Waals surface area contributed by atoms with Crippen molar-refractivity contribution in [1.82, 2.24) is 0 Å². The van der Waals surface area contributed by atoms with Crippen molar-refractivity contribution in [3.63, 3.8) is 0 Å². The number of carbonyl (C=O) groups excluding carboxylic acids is 1. The highest BCUT2D eigenvalue weighted by Gasteiger charge is 2.13. The first-order valence-electron chi connectivity index (χ1n) is 6.73. The minimum Gasteiger partial charge on any atom is -0.454 e. The SMILES string of the molecule is CC(=O)c1ccc(Oc2ccc3c(c2)CCC3)c(F)c1. The lowest BCUT2D eigenvalue weighted by Gasteiger charge is -2.09. The Morgan fingerprint density at radius 1 is 1.10 bits per heavy atom. The van der Waals surface area contributed by atoms with Gasteiger partial charge in [0, 0.05) is 5.56 Å². The Hall–Kier alpha value is -2.16. The fourth-order valence-electron chi connectivity index (χ4n) is 2.54. The first-order valence-corrected chi connectivity index (χ1v) is 6.73. The molecule has 0 radical (unpaired) electrons. The number of rotatable bonds is 3. The molecule has 0 amide bonds. The predicted molar refractivity (Wildman–Crippen MR) is 74.9 cm³/mol. The van der Waals surface area contributed by atoms with Crippen LogP contribution in [0, 0.1) is 5.82 Å². The number of fused-ring (bicyclic) bond motifs is 1. The molecule has 3 heteroatoms. The summed E-state index contributed by atoms with van der Waals surface area (Å²) in [7, 11) is 0. The topological polar surface area (TPSA) is 26.3 Å². The molecule has 0 N–H and O–H groups in total. The van der Waals surface area contributed by atoms with Crippen molar-refractivity contribution in [2.24, 2.45) is 0 Å². The quantitative estimate of drug-likeness (QED) is 0.777. The highest BCUT2D eigenvalue weighted by Crippen LogP contribution is 2.30. The van der Waals surface area contributed by atoms with E-state index >= 15 is 0 Å². The van der Waals surface area contributed by atoms with Crippen LogP contribution < -0.4 is 4.74 Å². The number of carbonyl (C=O) groups is 1. The van der Waals surface area contributed by atoms with E-state index in [4.69, 9.17) is 4.74 Å². The molecular formula is C17H15FO2. The average Bonchev–Trinajstić information content (AvgIpc) is 2.88. The molecule has 0 saturated heterocycles. The normalized spacial score (nSPS) is 13.1. The van der Waals surface area contributed by atoms with Crippen LogP contribution in [0.15, 0.2) is 36.4 Å². The number of aryl methyl sites for hydroxylation is 2. The molecule has 0 spiro atoms. The van der Waals surface area contributed by atoms with Crippen LogP contribution in [0.3, 0.4) is 0 Å². The minimum atomic E-state index is -0.516. The van der Waals surface area contributed by atoms with E-state index < -0.39 is 5.82 Å². The highest BCUT2D eigenvalue weighted by atomic mass is 19.1. The van der Waals surface area contributed by atoms with E-state index in [0.29, 0.717) is 11.3 Å². The van der Waals surface area contributed by atoms with Gasteiger partial charge in [-0.15, -0.1) is 0 Å². The fourth-order valence-corrected chi connectivity index (χ4v) is 2.54. The lowest BCUT2D eigenvalue weighted by atomic mass is 10.1. The third-order valence-electron chi connectivity index (χ3n) is 3.64. The zero-order chi connectivity index (χ0) is 14.1. The molecule has 20 heavy (non-hydrogen) atoms. The van der Waals surface area contributed by atoms with Crippen LogP contribution in [0.1, 0.15) is 34.8 Å². The summed E-state index contributed by atoms with van der Waals surface area (Å²) in [5.74, 6) is 0.110. The van der Waals surface area contributed by atoms with Crippen LogP contribution >= 0.6 is 0 Å². The van der Waals surface area contributed by atoms with Gasteiger partial charge in [-0.3, -0.25) is 4.79 Å². The third kappa shape index (κ3) is 2.44. The minimum absolute atomic E-state index is 0.146. The maximum atomic E-state index is 13.9. The molecule has 0 unspecified atom stereocenters. The molecule has 0 aromatic heterocycles. The third-order valence-corrected chi connectivity index (χ3v) is 3.64. The molecule has 0 fully saturated rings. The van der Waals surface area contributed by atoms with Crippen molar-refractivity contribution in [3.05, 3.63) is 58.9 Å². The standard InChI is InChI=1S/C17H15FO2/c1-11(19)13-6-8-17(16(18)10-13)20-15-7-5-12-3-2-4-14(12)9-15/h5-10H,2-4H2,1H3. The first kappa shape index (κ1) is 12.9. The van der Waals surface area contributed by atoms with E-state index in [-0.39, 0.29) is 11.5 Å². The van der Waals surface area contributed by atoms with Gasteiger partial charge in [0.15, 0.2) is 17.3 Å². The van der Waals surface area contributed by atoms with Gasteiger partial charge < -0.3 is 4.74 Å². The van der Waals surface area contributed by atoms with Gasteiger partial charge in [-0.1, -0.05) is 6.07 Å². The largest absolute Gasteiger partial charge is 0.454 e. The first-order chi connectivity index (χ1) is 9.63. The van der Waals surface area contributed by atoms with E-state index in [1.807, 2.05) is 18.2 Å². The summed E-state index contributed by atoms with van der Waals surface area (Å²) >= 11 is 0. The number of ketones is 1. The van der Waals surface area contributed by atoms with E-state index in [1.165, 1.54) is 36.6 Å². The number of halogens is 1. The average molecular weight is 270 g/mol. The van der Waals surface area contributed by atoms with Gasteiger partial charge in [-0.05, 0) is 67.6 Å². The van der Waals surface area contributed by atoms with E-state index in [2.05, 4.69) is 0 Å². The van der Waals surface area contributed by atoms with Crippen molar-refractivity contribution in [1.29, 1.82) is 0 Å². The smallest absolute Gasteiger partial charge is 0.166 e. The molecule has 1 aliphatic rings. The Morgan fingerprint density at radius 3 is 2.65 bits per heavy atom. The van der Waals surface area contributed by atoms with Gasteiger partial charge in [0.05, 0.1) is 0 Å². The van der Waals surface area contributed by atoms with Crippen molar-refractivity contribution < 1.29 is 13.9 Å². The van der Waals surface area contributed by atoms with Crippen molar-refractivity contribution in [2.75, 3.05) is 0 Å². The van der Waals surface area contributed by atoms with Gasteiger partial charge in [0.2, 0.25) is 0 Å². The number of hydrogen-bond acceptors (Lipinski definition) is 2. The summed E-state index contributed by atoms with van der Waals surface area (Å²) in [5, 5.41) is 0. The zero-order valence-corrected chi connectivity index (χ0v) is 11.3. The second-order valence-electron chi connectivity index (χ2n) is 5.09. The van der Waals surface area contributed by atoms with Gasteiger partial charge in [0.25, 0.3) is 0 Å². The number of ether oxygens (including phenoxy) is 1. The molecule has 0 bridgehead atoms. The van der Waals surface area contributed by atoms with Crippen LogP contribution in [0.4, 0.5) is 4.39 Å². The van der Waals surface area contributed by atoms with Crippen LogP contribution in [0.25, 0.3) is 0 Å². The van der Waals surface area contributed by atoms with Gasteiger partial charge in [-0.2, -0.15) is 0 Å². The number of hydrogen-bond donors (Lipinski definition) is 0. The predicted octanol–water partition coefficient (Wildman–Crippen LogP) is 4.31. The Kier molecular flexibility index (Phi) is 3.26. The van der Waals surface area contributed by atoms with Crippen LogP contribution in [-0.2, 0) is 12.8 Å². The summed E-state index contributed by atoms with van der Waals surface area (Å²) in [4.78, 5) is 11.2. The summed E-state index contributed by atoms with van der Waals surface area (Å²) in [6, 6.07) is 10.2. The lowest BCUT2D eigenvalue weighted by molar-refractivity contribution is 0.101. The maximum Gasteiger partial charge on any atom is 0.166 e. The molecule has 0 heterocycles. The Balaban J connectivity index is 1.86. The molecular weight excluding hydrogens is 255 g/mol. The summed E-state index contributed by atoms with van der Waals surface area (Å²) < 4.78 is 19.5. The monoisotopic (exact) mass is 270 g/mol. The van der Waals surface area contributed by atoms with Gasteiger partial charge >= 0.3 is 0 Å². The van der Waals surface area contributed by atoms with Crippen molar-refractivity contribution >= 4 is 5.78 Å². The molecule has 0 aliphatic heterocycles. The Bertz CT molecular complexity index is 677. The molecule has 2 aromatic rings. The lowest BCUT2D eigenvalue weighted by Crippen LogP contribution is -1.95. The van der Waals surface area contributed by atoms with Gasteiger partial charge in [0.1, 0.15) is 5.75 Å². The Labute approximate surface area is 117 Å². The number of benzene rings is 2. The summed E-state index contributed by atoms with van der Waals surface area (Å²) in [6.07, 6.45) is 3.33. The van der Waals surface area contributed by atoms with Gasteiger partial charge in [-0.25, -0.2) is 4.39 Å². The molecule has 102 valence electrons. The van der Waals surface area contributed by atoms with Crippen molar-refractivity contribution in [3.8, 4) is 11.5 Å². The summed E-state index contributed by atoms with van der Waals surface area (Å²) in [5.41, 5.74) is 2.98. The highest BCUT2D eigenvalue weighted by molar-refractivity contribution is 5.94. The molecule has 0 saturated carbocycles. The van der Waals surface area contributed by atoms with E-state index in [1.54, 1.807) is 6.07 Å². The van der Waals surface area contributed by atoms with Crippen LogP contribution in [0.2, 0.25) is 0 Å². The van der Waals surface area contributed by atoms with Crippen LogP contribution in [-0.4, -0.2) is 5.78 Å². The second kappa shape index (κ2) is 5.08. The van der Waals surface area contributed by atoms with E-state index in [9.17, 15) is 9.18 Å². The molecule has 3 rings (SSSR count). The maximum absolute atomic E-state index is 13.9.